The fourth-order valence-corrected chi connectivity index (χ4v) is 2.56. The number of hydrogen-bond acceptors (Lipinski definition) is 3. The Morgan fingerprint density at radius 2 is 2.20 bits per heavy atom. The van der Waals surface area contributed by atoms with E-state index >= 15 is 0 Å². The zero-order chi connectivity index (χ0) is 13.9. The molecule has 104 valence electrons. The third-order valence-corrected chi connectivity index (χ3v) is 3.92. The summed E-state index contributed by atoms with van der Waals surface area (Å²) in [7, 11) is 0. The molecule has 3 rings (SSSR count). The second-order valence-electron chi connectivity index (χ2n) is 5.16. The molecule has 3 nitrogen and oxygen atoms in total. The molecule has 0 amide bonds. The first kappa shape index (κ1) is 13.6. The highest BCUT2D eigenvalue weighted by Gasteiger charge is 2.20. The predicted molar refractivity (Wildman–Crippen MR) is 83.1 cm³/mol. The molecule has 1 aliphatic carbocycles. The normalized spacial score (nSPS) is 14.3. The quantitative estimate of drug-likeness (QED) is 0.891. The van der Waals surface area contributed by atoms with Crippen LogP contribution < -0.4 is 10.1 Å². The van der Waals surface area contributed by atoms with E-state index in [1.165, 1.54) is 18.4 Å². The van der Waals surface area contributed by atoms with Crippen LogP contribution in [0.5, 0.6) is 11.6 Å². The summed E-state index contributed by atoms with van der Waals surface area (Å²) in [5, 5.41) is 3.49. The van der Waals surface area contributed by atoms with Gasteiger partial charge in [-0.2, -0.15) is 0 Å². The van der Waals surface area contributed by atoms with Crippen molar-refractivity contribution >= 4 is 15.9 Å². The Kier molecular flexibility index (Phi) is 4.03. The van der Waals surface area contributed by atoms with E-state index in [1.807, 2.05) is 24.3 Å². The number of aromatic nitrogens is 1. The standard InChI is InChI=1S/C16H17BrN2O/c1-11-4-7-15(14(17)9-11)20-16-12(3-2-8-18-16)10-19-13-5-6-13/h2-4,7-9,13,19H,5-6,10H2,1H3. The second-order valence-corrected chi connectivity index (χ2v) is 6.01. The van der Waals surface area contributed by atoms with Gasteiger partial charge in [-0.15, -0.1) is 0 Å². The molecular weight excluding hydrogens is 316 g/mol. The van der Waals surface area contributed by atoms with Crippen molar-refractivity contribution < 1.29 is 4.74 Å². The van der Waals surface area contributed by atoms with Gasteiger partial charge in [0, 0.05) is 24.3 Å². The summed E-state index contributed by atoms with van der Waals surface area (Å²) in [5.74, 6) is 1.46. The van der Waals surface area contributed by atoms with Crippen molar-refractivity contribution in [2.24, 2.45) is 0 Å². The third-order valence-electron chi connectivity index (χ3n) is 3.30. The Labute approximate surface area is 127 Å². The number of nitrogens with zero attached hydrogens (tertiary/aromatic N) is 1. The first-order chi connectivity index (χ1) is 9.72. The van der Waals surface area contributed by atoms with Crippen molar-refractivity contribution in [2.75, 3.05) is 0 Å². The maximum absolute atomic E-state index is 5.95. The van der Waals surface area contributed by atoms with Gasteiger partial charge in [0.15, 0.2) is 0 Å². The van der Waals surface area contributed by atoms with Crippen molar-refractivity contribution in [3.63, 3.8) is 0 Å². The molecule has 20 heavy (non-hydrogen) atoms. The molecule has 0 unspecified atom stereocenters. The number of pyridine rings is 1. The zero-order valence-corrected chi connectivity index (χ0v) is 13.0. The number of benzene rings is 1. The van der Waals surface area contributed by atoms with Crippen LogP contribution in [-0.4, -0.2) is 11.0 Å². The van der Waals surface area contributed by atoms with E-state index in [0.717, 1.165) is 22.3 Å². The largest absolute Gasteiger partial charge is 0.438 e. The van der Waals surface area contributed by atoms with Crippen LogP contribution in [0.3, 0.4) is 0 Å². The van der Waals surface area contributed by atoms with Gasteiger partial charge in [-0.05, 0) is 59.5 Å². The molecule has 0 atom stereocenters. The molecule has 0 radical (unpaired) electrons. The summed E-state index contributed by atoms with van der Waals surface area (Å²) < 4.78 is 6.90. The van der Waals surface area contributed by atoms with Crippen molar-refractivity contribution in [1.29, 1.82) is 0 Å². The lowest BCUT2D eigenvalue weighted by Crippen LogP contribution is -2.16. The van der Waals surface area contributed by atoms with E-state index in [1.54, 1.807) is 6.20 Å². The van der Waals surface area contributed by atoms with Gasteiger partial charge in [0.05, 0.1) is 4.47 Å². The minimum Gasteiger partial charge on any atom is -0.438 e. The molecule has 4 heteroatoms. The summed E-state index contributed by atoms with van der Waals surface area (Å²) in [6.45, 7) is 2.86. The van der Waals surface area contributed by atoms with Crippen molar-refractivity contribution in [3.05, 3.63) is 52.1 Å². The average Bonchev–Trinajstić information content (AvgIpc) is 3.25. The molecule has 2 aromatic rings. The molecule has 0 spiro atoms. The van der Waals surface area contributed by atoms with Crippen LogP contribution in [0.2, 0.25) is 0 Å². The number of ether oxygens (including phenoxy) is 1. The molecule has 0 bridgehead atoms. The summed E-state index contributed by atoms with van der Waals surface area (Å²) in [4.78, 5) is 4.35. The molecule has 0 aliphatic heterocycles. The van der Waals surface area contributed by atoms with Crippen LogP contribution in [0.25, 0.3) is 0 Å². The molecule has 1 aromatic heterocycles. The summed E-state index contributed by atoms with van der Waals surface area (Å²) in [6, 6.07) is 10.7. The minimum atomic E-state index is 0.671. The van der Waals surface area contributed by atoms with Gasteiger partial charge in [0.2, 0.25) is 5.88 Å². The van der Waals surface area contributed by atoms with E-state index in [4.69, 9.17) is 4.74 Å². The Morgan fingerprint density at radius 1 is 1.35 bits per heavy atom. The predicted octanol–water partition coefficient (Wildman–Crippen LogP) is 4.20. The molecule has 1 fully saturated rings. The minimum absolute atomic E-state index is 0.671. The molecule has 1 N–H and O–H groups in total. The van der Waals surface area contributed by atoms with Gasteiger partial charge in [0.25, 0.3) is 0 Å². The van der Waals surface area contributed by atoms with Gasteiger partial charge in [-0.1, -0.05) is 12.1 Å². The summed E-state index contributed by atoms with van der Waals surface area (Å²) >= 11 is 3.53. The number of aryl methyl sites for hydroxylation is 1. The van der Waals surface area contributed by atoms with Crippen LogP contribution in [0.15, 0.2) is 41.0 Å². The van der Waals surface area contributed by atoms with Gasteiger partial charge in [-0.3, -0.25) is 0 Å². The fraction of sp³-hybridized carbons (Fsp3) is 0.312. The highest BCUT2D eigenvalue weighted by molar-refractivity contribution is 9.10. The Bertz CT molecular complexity index is 611. The van der Waals surface area contributed by atoms with E-state index < -0.39 is 0 Å². The van der Waals surface area contributed by atoms with E-state index in [-0.39, 0.29) is 0 Å². The molecule has 1 saturated carbocycles. The molecule has 0 saturated heterocycles. The Hall–Kier alpha value is -1.39. The Balaban J connectivity index is 1.78. The molecular formula is C16H17BrN2O. The molecule has 1 heterocycles. The van der Waals surface area contributed by atoms with Crippen LogP contribution in [0.4, 0.5) is 0 Å². The van der Waals surface area contributed by atoms with Gasteiger partial charge in [0.1, 0.15) is 5.75 Å². The molecule has 1 aliphatic rings. The number of rotatable bonds is 5. The third kappa shape index (κ3) is 3.38. The maximum atomic E-state index is 5.95. The monoisotopic (exact) mass is 332 g/mol. The molecule has 1 aromatic carbocycles. The van der Waals surface area contributed by atoms with E-state index in [9.17, 15) is 0 Å². The van der Waals surface area contributed by atoms with Crippen LogP contribution >= 0.6 is 15.9 Å². The van der Waals surface area contributed by atoms with Crippen molar-refractivity contribution in [2.45, 2.75) is 32.4 Å². The lowest BCUT2D eigenvalue weighted by Gasteiger charge is -2.12. The lowest BCUT2D eigenvalue weighted by atomic mass is 10.2. The Morgan fingerprint density at radius 3 is 2.95 bits per heavy atom. The van der Waals surface area contributed by atoms with Crippen LogP contribution in [-0.2, 0) is 6.54 Å². The van der Waals surface area contributed by atoms with Gasteiger partial charge in [-0.25, -0.2) is 4.98 Å². The smallest absolute Gasteiger partial charge is 0.223 e. The first-order valence-electron chi connectivity index (χ1n) is 6.83. The summed E-state index contributed by atoms with van der Waals surface area (Å²) in [5.41, 5.74) is 2.28. The zero-order valence-electron chi connectivity index (χ0n) is 11.4. The van der Waals surface area contributed by atoms with Crippen molar-refractivity contribution in [3.8, 4) is 11.6 Å². The highest BCUT2D eigenvalue weighted by Crippen LogP contribution is 2.31. The first-order valence-corrected chi connectivity index (χ1v) is 7.63. The lowest BCUT2D eigenvalue weighted by molar-refractivity contribution is 0.450. The highest BCUT2D eigenvalue weighted by atomic mass is 79.9. The fourth-order valence-electron chi connectivity index (χ4n) is 1.99. The SMILES string of the molecule is Cc1ccc(Oc2ncccc2CNC2CC2)c(Br)c1. The van der Waals surface area contributed by atoms with Crippen LogP contribution in [0.1, 0.15) is 24.0 Å². The van der Waals surface area contributed by atoms with Gasteiger partial charge >= 0.3 is 0 Å². The average molecular weight is 333 g/mol. The second kappa shape index (κ2) is 5.94. The maximum Gasteiger partial charge on any atom is 0.223 e. The van der Waals surface area contributed by atoms with Crippen LogP contribution in [0, 0.1) is 6.92 Å². The number of hydrogen-bond donors (Lipinski definition) is 1. The topological polar surface area (TPSA) is 34.1 Å². The number of halogens is 1. The van der Waals surface area contributed by atoms with Crippen molar-refractivity contribution in [1.82, 2.24) is 10.3 Å². The van der Waals surface area contributed by atoms with E-state index in [2.05, 4.69) is 39.2 Å². The van der Waals surface area contributed by atoms with E-state index in [0.29, 0.717) is 11.9 Å². The number of nitrogens with one attached hydrogen (secondary N) is 1. The summed E-state index contributed by atoms with van der Waals surface area (Å²) in [6.07, 6.45) is 4.32. The van der Waals surface area contributed by atoms with Gasteiger partial charge < -0.3 is 10.1 Å².